The van der Waals surface area contributed by atoms with Crippen molar-refractivity contribution < 1.29 is 14.6 Å². The van der Waals surface area contributed by atoms with Crippen molar-refractivity contribution in [2.45, 2.75) is 25.3 Å². The number of carbonyl (C=O) groups excluding carboxylic acids is 1. The Morgan fingerprint density at radius 1 is 1.32 bits per heavy atom. The van der Waals surface area contributed by atoms with Gasteiger partial charge in [0.15, 0.2) is 5.92 Å². The zero-order valence-electron chi connectivity index (χ0n) is 13.8. The third-order valence-corrected chi connectivity index (χ3v) is 4.22. The monoisotopic (exact) mass is 337 g/mol. The number of hydrogen-bond donors (Lipinski definition) is 3. The fourth-order valence-electron chi connectivity index (χ4n) is 3.03. The standard InChI is InChI=1S/C19H19N3O3/c1-2-25-19(24)14(11-20)13-8-9-15-17(18(13)23)16(22-21-15)10-12-6-4-3-5-7-12/h3-9,14,16,21-23H,2,10H2,1H3. The van der Waals surface area contributed by atoms with E-state index in [1.807, 2.05) is 36.4 Å². The number of nitriles is 1. The molecule has 0 saturated heterocycles. The Kier molecular flexibility index (Phi) is 4.87. The van der Waals surface area contributed by atoms with Crippen LogP contribution >= 0.6 is 0 Å². The van der Waals surface area contributed by atoms with Gasteiger partial charge in [-0.2, -0.15) is 5.26 Å². The van der Waals surface area contributed by atoms with Crippen LogP contribution in [0.2, 0.25) is 0 Å². The highest BCUT2D eigenvalue weighted by Gasteiger charge is 2.32. The van der Waals surface area contributed by atoms with Gasteiger partial charge in [0.25, 0.3) is 0 Å². The first-order valence-electron chi connectivity index (χ1n) is 8.13. The van der Waals surface area contributed by atoms with Crippen LogP contribution in [0.4, 0.5) is 5.69 Å². The maximum atomic E-state index is 12.0. The lowest BCUT2D eigenvalue weighted by atomic mass is 9.92. The number of rotatable bonds is 5. The highest BCUT2D eigenvalue weighted by atomic mass is 16.5. The smallest absolute Gasteiger partial charge is 0.328 e. The normalized spacial score (nSPS) is 16.4. The molecule has 1 aliphatic rings. The van der Waals surface area contributed by atoms with Crippen molar-refractivity contribution >= 4 is 11.7 Å². The van der Waals surface area contributed by atoms with E-state index in [9.17, 15) is 15.2 Å². The summed E-state index contributed by atoms with van der Waals surface area (Å²) >= 11 is 0. The van der Waals surface area contributed by atoms with Gasteiger partial charge in [0.2, 0.25) is 0 Å². The van der Waals surface area contributed by atoms with Crippen molar-refractivity contribution in [2.75, 3.05) is 12.0 Å². The van der Waals surface area contributed by atoms with Crippen LogP contribution in [0, 0.1) is 11.3 Å². The molecule has 0 fully saturated rings. The summed E-state index contributed by atoms with van der Waals surface area (Å²) in [6, 6.07) is 15.0. The van der Waals surface area contributed by atoms with E-state index in [0.717, 1.165) is 11.3 Å². The van der Waals surface area contributed by atoms with Crippen molar-refractivity contribution in [3.8, 4) is 11.8 Å². The van der Waals surface area contributed by atoms with Crippen LogP contribution < -0.4 is 10.9 Å². The second-order valence-corrected chi connectivity index (χ2v) is 5.79. The third-order valence-electron chi connectivity index (χ3n) is 4.22. The second kappa shape index (κ2) is 7.24. The van der Waals surface area contributed by atoms with Crippen molar-refractivity contribution in [2.24, 2.45) is 0 Å². The quantitative estimate of drug-likeness (QED) is 0.726. The molecule has 2 atom stereocenters. The molecular formula is C19H19N3O3. The number of aromatic hydroxyl groups is 1. The molecule has 0 spiro atoms. The molecule has 0 amide bonds. The first-order valence-corrected chi connectivity index (χ1v) is 8.13. The largest absolute Gasteiger partial charge is 0.507 e. The Labute approximate surface area is 146 Å². The minimum absolute atomic E-state index is 0.0458. The van der Waals surface area contributed by atoms with E-state index in [1.165, 1.54) is 0 Å². The molecule has 1 aliphatic heterocycles. The van der Waals surface area contributed by atoms with Crippen LogP contribution in [0.15, 0.2) is 42.5 Å². The molecule has 2 aromatic carbocycles. The van der Waals surface area contributed by atoms with Crippen LogP contribution in [-0.2, 0) is 16.0 Å². The van der Waals surface area contributed by atoms with Crippen molar-refractivity contribution in [3.05, 3.63) is 59.2 Å². The summed E-state index contributed by atoms with van der Waals surface area (Å²) in [5, 5.41) is 20.1. The van der Waals surface area contributed by atoms with Gasteiger partial charge in [0, 0.05) is 11.1 Å². The molecular weight excluding hydrogens is 318 g/mol. The Balaban J connectivity index is 1.94. The van der Waals surface area contributed by atoms with E-state index in [4.69, 9.17) is 4.74 Å². The number of ether oxygens (including phenoxy) is 1. The first kappa shape index (κ1) is 16.8. The molecule has 128 valence electrons. The van der Waals surface area contributed by atoms with Gasteiger partial charge in [0.05, 0.1) is 24.4 Å². The lowest BCUT2D eigenvalue weighted by Crippen LogP contribution is -2.20. The Morgan fingerprint density at radius 3 is 2.76 bits per heavy atom. The number of esters is 1. The maximum Gasteiger partial charge on any atom is 0.328 e. The number of benzene rings is 2. The van der Waals surface area contributed by atoms with Gasteiger partial charge >= 0.3 is 5.97 Å². The van der Waals surface area contributed by atoms with Crippen molar-refractivity contribution in [1.29, 1.82) is 5.26 Å². The fraction of sp³-hybridized carbons (Fsp3) is 0.263. The number of nitrogens with one attached hydrogen (secondary N) is 2. The number of phenolic OH excluding ortho intramolecular Hbond substituents is 1. The molecule has 6 nitrogen and oxygen atoms in total. The fourth-order valence-corrected chi connectivity index (χ4v) is 3.03. The SMILES string of the molecule is CCOC(=O)C(C#N)c1ccc2c(c1O)C(Cc1ccccc1)NN2. The van der Waals surface area contributed by atoms with Gasteiger partial charge < -0.3 is 15.3 Å². The number of anilines is 1. The van der Waals surface area contributed by atoms with Crippen LogP contribution in [0.25, 0.3) is 0 Å². The van der Waals surface area contributed by atoms with Crippen LogP contribution in [-0.4, -0.2) is 17.7 Å². The van der Waals surface area contributed by atoms with E-state index in [2.05, 4.69) is 10.9 Å². The molecule has 2 unspecified atom stereocenters. The zero-order valence-corrected chi connectivity index (χ0v) is 13.8. The summed E-state index contributed by atoms with van der Waals surface area (Å²) in [6.45, 7) is 1.86. The molecule has 0 aliphatic carbocycles. The van der Waals surface area contributed by atoms with Crippen LogP contribution in [0.1, 0.15) is 35.6 Å². The Bertz CT molecular complexity index is 815. The van der Waals surface area contributed by atoms with E-state index in [0.29, 0.717) is 12.0 Å². The summed E-state index contributed by atoms with van der Waals surface area (Å²) < 4.78 is 4.94. The van der Waals surface area contributed by atoms with Gasteiger partial charge in [-0.1, -0.05) is 36.4 Å². The Morgan fingerprint density at radius 2 is 2.08 bits per heavy atom. The second-order valence-electron chi connectivity index (χ2n) is 5.79. The predicted octanol–water partition coefficient (Wildman–Crippen LogP) is 2.78. The lowest BCUT2D eigenvalue weighted by Gasteiger charge is -2.16. The average Bonchev–Trinajstić information content (AvgIpc) is 3.02. The molecule has 2 aromatic rings. The van der Waals surface area contributed by atoms with Gasteiger partial charge in [-0.05, 0) is 25.0 Å². The third kappa shape index (κ3) is 3.28. The molecule has 0 radical (unpaired) electrons. The maximum absolute atomic E-state index is 12.0. The zero-order chi connectivity index (χ0) is 17.8. The highest BCUT2D eigenvalue weighted by molar-refractivity contribution is 5.83. The summed E-state index contributed by atoms with van der Waals surface area (Å²) in [6.07, 6.45) is 0.661. The number of nitrogens with zero attached hydrogens (tertiary/aromatic N) is 1. The first-order chi connectivity index (χ1) is 12.2. The van der Waals surface area contributed by atoms with E-state index < -0.39 is 11.9 Å². The summed E-state index contributed by atoms with van der Waals surface area (Å²) in [5.74, 6) is -1.85. The minimum atomic E-state index is -1.15. The molecule has 3 rings (SSSR count). The number of carbonyl (C=O) groups is 1. The molecule has 1 heterocycles. The summed E-state index contributed by atoms with van der Waals surface area (Å²) in [7, 11) is 0. The predicted molar refractivity (Wildman–Crippen MR) is 92.7 cm³/mol. The van der Waals surface area contributed by atoms with Gasteiger partial charge in [-0.25, -0.2) is 5.43 Å². The molecule has 0 bridgehead atoms. The Hall–Kier alpha value is -3.04. The van der Waals surface area contributed by atoms with Crippen molar-refractivity contribution in [1.82, 2.24) is 5.43 Å². The molecule has 25 heavy (non-hydrogen) atoms. The van der Waals surface area contributed by atoms with E-state index in [1.54, 1.807) is 19.1 Å². The lowest BCUT2D eigenvalue weighted by molar-refractivity contribution is -0.143. The van der Waals surface area contributed by atoms with Gasteiger partial charge in [0.1, 0.15) is 5.75 Å². The molecule has 0 aromatic heterocycles. The van der Waals surface area contributed by atoms with Gasteiger partial charge in [-0.15, -0.1) is 0 Å². The topological polar surface area (TPSA) is 94.4 Å². The van der Waals surface area contributed by atoms with Crippen LogP contribution in [0.3, 0.4) is 0 Å². The number of hydrazine groups is 1. The van der Waals surface area contributed by atoms with Gasteiger partial charge in [-0.3, -0.25) is 4.79 Å². The van der Waals surface area contributed by atoms with E-state index in [-0.39, 0.29) is 24.0 Å². The number of fused-ring (bicyclic) bond motifs is 1. The number of phenols is 1. The summed E-state index contributed by atoms with van der Waals surface area (Å²) in [4.78, 5) is 12.0. The van der Waals surface area contributed by atoms with Crippen LogP contribution in [0.5, 0.6) is 5.75 Å². The molecule has 3 N–H and O–H groups in total. The average molecular weight is 337 g/mol. The summed E-state index contributed by atoms with van der Waals surface area (Å²) in [5.41, 5.74) is 8.96. The van der Waals surface area contributed by atoms with Crippen molar-refractivity contribution in [3.63, 3.8) is 0 Å². The molecule has 0 saturated carbocycles. The van der Waals surface area contributed by atoms with E-state index >= 15 is 0 Å². The highest BCUT2D eigenvalue weighted by Crippen LogP contribution is 2.42. The minimum Gasteiger partial charge on any atom is -0.507 e. The number of hydrogen-bond acceptors (Lipinski definition) is 6. The molecule has 6 heteroatoms.